The summed E-state index contributed by atoms with van der Waals surface area (Å²) in [6, 6.07) is 12.2. The van der Waals surface area contributed by atoms with E-state index in [0.29, 0.717) is 37.6 Å². The normalized spacial score (nSPS) is 11.4. The quantitative estimate of drug-likeness (QED) is 0.543. The number of aryl methyl sites for hydroxylation is 1. The van der Waals surface area contributed by atoms with E-state index in [2.05, 4.69) is 5.32 Å². The third kappa shape index (κ3) is 6.21. The maximum atomic E-state index is 12.8. The molecule has 0 saturated carbocycles. The number of benzene rings is 2. The highest BCUT2D eigenvalue weighted by atomic mass is 32.2. The standard InChI is InChI=1S/C22H30N2O5S/c1-5-24(6-2)30(26,27)19-12-13-21(28-4)20(16-19)23-22(25)11-8-14-29-18-10-7-9-17(3)15-18/h7,9-10,12-13,15-16H,5-6,8,11,14H2,1-4H3,(H,23,25). The van der Waals surface area contributed by atoms with E-state index in [9.17, 15) is 13.2 Å². The number of anilines is 1. The van der Waals surface area contributed by atoms with Crippen LogP contribution in [0, 0.1) is 6.92 Å². The van der Waals surface area contributed by atoms with Gasteiger partial charge in [0, 0.05) is 19.5 Å². The minimum Gasteiger partial charge on any atom is -0.495 e. The molecular formula is C22H30N2O5S. The van der Waals surface area contributed by atoms with Gasteiger partial charge in [0.25, 0.3) is 0 Å². The van der Waals surface area contributed by atoms with E-state index in [1.165, 1.54) is 23.5 Å². The maximum Gasteiger partial charge on any atom is 0.243 e. The fourth-order valence-corrected chi connectivity index (χ4v) is 4.48. The Hall–Kier alpha value is -2.58. The minimum absolute atomic E-state index is 0.116. The van der Waals surface area contributed by atoms with Gasteiger partial charge < -0.3 is 14.8 Å². The second kappa shape index (κ2) is 11.0. The Morgan fingerprint density at radius 1 is 1.10 bits per heavy atom. The maximum absolute atomic E-state index is 12.8. The first-order valence-corrected chi connectivity index (χ1v) is 11.4. The number of hydrogen-bond acceptors (Lipinski definition) is 5. The Labute approximate surface area is 179 Å². The summed E-state index contributed by atoms with van der Waals surface area (Å²) in [6.45, 7) is 6.70. The van der Waals surface area contributed by atoms with E-state index in [0.717, 1.165) is 11.3 Å². The Bertz CT molecular complexity index is 956. The van der Waals surface area contributed by atoms with Gasteiger partial charge in [0.15, 0.2) is 0 Å². The summed E-state index contributed by atoms with van der Waals surface area (Å²) in [7, 11) is -2.16. The van der Waals surface area contributed by atoms with Crippen LogP contribution in [-0.2, 0) is 14.8 Å². The largest absolute Gasteiger partial charge is 0.495 e. The van der Waals surface area contributed by atoms with Gasteiger partial charge in [-0.3, -0.25) is 4.79 Å². The van der Waals surface area contributed by atoms with Gasteiger partial charge in [-0.2, -0.15) is 4.31 Å². The van der Waals surface area contributed by atoms with Crippen LogP contribution in [0.2, 0.25) is 0 Å². The molecule has 0 spiro atoms. The van der Waals surface area contributed by atoms with Crippen molar-refractivity contribution in [3.05, 3.63) is 48.0 Å². The number of carbonyl (C=O) groups is 1. The second-order valence-corrected chi connectivity index (χ2v) is 8.71. The van der Waals surface area contributed by atoms with Crippen LogP contribution in [0.5, 0.6) is 11.5 Å². The van der Waals surface area contributed by atoms with Crippen molar-refractivity contribution in [1.82, 2.24) is 4.31 Å². The van der Waals surface area contributed by atoms with Crippen LogP contribution in [0.15, 0.2) is 47.4 Å². The summed E-state index contributed by atoms with van der Waals surface area (Å²) in [5.41, 5.74) is 1.44. The smallest absolute Gasteiger partial charge is 0.243 e. The second-order valence-electron chi connectivity index (χ2n) is 6.77. The summed E-state index contributed by atoms with van der Waals surface area (Å²) >= 11 is 0. The van der Waals surface area contributed by atoms with Gasteiger partial charge in [-0.15, -0.1) is 0 Å². The van der Waals surface area contributed by atoms with Gasteiger partial charge in [-0.05, 0) is 49.2 Å². The molecule has 7 nitrogen and oxygen atoms in total. The van der Waals surface area contributed by atoms with Gasteiger partial charge in [0.05, 0.1) is 24.3 Å². The number of methoxy groups -OCH3 is 1. The Kier molecular flexibility index (Phi) is 8.68. The topological polar surface area (TPSA) is 84.9 Å². The molecule has 0 atom stereocenters. The lowest BCUT2D eigenvalue weighted by atomic mass is 10.2. The minimum atomic E-state index is -3.63. The zero-order chi connectivity index (χ0) is 22.1. The Morgan fingerprint density at radius 3 is 2.47 bits per heavy atom. The van der Waals surface area contributed by atoms with Crippen molar-refractivity contribution in [3.63, 3.8) is 0 Å². The van der Waals surface area contributed by atoms with E-state index in [1.807, 2.05) is 31.2 Å². The van der Waals surface area contributed by atoms with Crippen LogP contribution in [-0.4, -0.2) is 45.4 Å². The van der Waals surface area contributed by atoms with Crippen LogP contribution in [0.4, 0.5) is 5.69 Å². The number of rotatable bonds is 11. The molecule has 0 aliphatic heterocycles. The number of amides is 1. The molecule has 0 unspecified atom stereocenters. The average molecular weight is 435 g/mol. The zero-order valence-corrected chi connectivity index (χ0v) is 18.8. The molecule has 0 radical (unpaired) electrons. The lowest BCUT2D eigenvalue weighted by Crippen LogP contribution is -2.30. The molecule has 0 aromatic heterocycles. The number of nitrogens with zero attached hydrogens (tertiary/aromatic N) is 1. The molecule has 1 N–H and O–H groups in total. The number of sulfonamides is 1. The Balaban J connectivity index is 2.01. The molecule has 0 bridgehead atoms. The molecule has 30 heavy (non-hydrogen) atoms. The molecule has 0 aliphatic rings. The molecule has 164 valence electrons. The molecular weight excluding hydrogens is 404 g/mol. The lowest BCUT2D eigenvalue weighted by molar-refractivity contribution is -0.116. The molecule has 0 saturated heterocycles. The number of carbonyl (C=O) groups excluding carboxylic acids is 1. The summed E-state index contributed by atoms with van der Waals surface area (Å²) in [5, 5.41) is 2.75. The lowest BCUT2D eigenvalue weighted by Gasteiger charge is -2.19. The monoisotopic (exact) mass is 434 g/mol. The highest BCUT2D eigenvalue weighted by Gasteiger charge is 2.23. The fraction of sp³-hybridized carbons (Fsp3) is 0.409. The number of ether oxygens (including phenoxy) is 2. The average Bonchev–Trinajstić information content (AvgIpc) is 2.72. The zero-order valence-electron chi connectivity index (χ0n) is 18.0. The van der Waals surface area contributed by atoms with Crippen LogP contribution < -0.4 is 14.8 Å². The highest BCUT2D eigenvalue weighted by molar-refractivity contribution is 7.89. The highest BCUT2D eigenvalue weighted by Crippen LogP contribution is 2.29. The van der Waals surface area contributed by atoms with Crippen molar-refractivity contribution in [2.24, 2.45) is 0 Å². The summed E-state index contributed by atoms with van der Waals surface area (Å²) in [4.78, 5) is 12.5. The van der Waals surface area contributed by atoms with Crippen LogP contribution in [0.1, 0.15) is 32.3 Å². The van der Waals surface area contributed by atoms with Crippen molar-refractivity contribution >= 4 is 21.6 Å². The predicted molar refractivity (Wildman–Crippen MR) is 118 cm³/mol. The van der Waals surface area contributed by atoms with Crippen molar-refractivity contribution in [3.8, 4) is 11.5 Å². The molecule has 2 aromatic rings. The van der Waals surface area contributed by atoms with Crippen molar-refractivity contribution in [2.45, 2.75) is 38.5 Å². The van der Waals surface area contributed by atoms with Crippen LogP contribution in [0.25, 0.3) is 0 Å². The van der Waals surface area contributed by atoms with Crippen molar-refractivity contribution in [1.29, 1.82) is 0 Å². The Morgan fingerprint density at radius 2 is 1.83 bits per heavy atom. The van der Waals surface area contributed by atoms with Gasteiger partial charge in [0.2, 0.25) is 15.9 Å². The molecule has 1 amide bonds. The van der Waals surface area contributed by atoms with Crippen LogP contribution in [0.3, 0.4) is 0 Å². The number of nitrogens with one attached hydrogen (secondary N) is 1. The predicted octanol–water partition coefficient (Wildman–Crippen LogP) is 3.83. The first-order chi connectivity index (χ1) is 14.3. The molecule has 8 heteroatoms. The van der Waals surface area contributed by atoms with E-state index in [-0.39, 0.29) is 17.2 Å². The molecule has 0 fully saturated rings. The summed E-state index contributed by atoms with van der Waals surface area (Å²) in [5.74, 6) is 0.933. The van der Waals surface area contributed by atoms with E-state index in [4.69, 9.17) is 9.47 Å². The molecule has 0 heterocycles. The van der Waals surface area contributed by atoms with E-state index in [1.54, 1.807) is 19.9 Å². The van der Waals surface area contributed by atoms with E-state index >= 15 is 0 Å². The SMILES string of the molecule is CCN(CC)S(=O)(=O)c1ccc(OC)c(NC(=O)CCCOc2cccc(C)c2)c1. The van der Waals surface area contributed by atoms with Gasteiger partial charge in [0.1, 0.15) is 11.5 Å². The van der Waals surface area contributed by atoms with Crippen molar-refractivity contribution < 1.29 is 22.7 Å². The van der Waals surface area contributed by atoms with Gasteiger partial charge in [-0.1, -0.05) is 26.0 Å². The molecule has 2 aromatic carbocycles. The van der Waals surface area contributed by atoms with Gasteiger partial charge >= 0.3 is 0 Å². The van der Waals surface area contributed by atoms with Crippen LogP contribution >= 0.6 is 0 Å². The van der Waals surface area contributed by atoms with Gasteiger partial charge in [-0.25, -0.2) is 8.42 Å². The molecule has 2 rings (SSSR count). The summed E-state index contributed by atoms with van der Waals surface area (Å²) < 4.78 is 37.8. The first kappa shape index (κ1) is 23.7. The summed E-state index contributed by atoms with van der Waals surface area (Å²) in [6.07, 6.45) is 0.765. The fourth-order valence-electron chi connectivity index (χ4n) is 3.00. The first-order valence-electron chi connectivity index (χ1n) is 9.99. The van der Waals surface area contributed by atoms with Crippen molar-refractivity contribution in [2.75, 3.05) is 32.1 Å². The molecule has 0 aliphatic carbocycles. The third-order valence-corrected chi connectivity index (χ3v) is 6.64. The number of hydrogen-bond donors (Lipinski definition) is 1. The third-order valence-electron chi connectivity index (χ3n) is 4.59. The van der Waals surface area contributed by atoms with E-state index < -0.39 is 10.0 Å².